The number of pyridine rings is 1. The van der Waals surface area contributed by atoms with Crippen LogP contribution in [0, 0.1) is 11.7 Å². The number of hydrogen-bond donors (Lipinski definition) is 2. The van der Waals surface area contributed by atoms with Gasteiger partial charge < -0.3 is 11.1 Å². The van der Waals surface area contributed by atoms with E-state index in [0.29, 0.717) is 17.8 Å². The summed E-state index contributed by atoms with van der Waals surface area (Å²) in [5, 5.41) is 2.93. The lowest BCUT2D eigenvalue weighted by Gasteiger charge is -2.13. The van der Waals surface area contributed by atoms with Crippen molar-refractivity contribution in [1.82, 2.24) is 14.7 Å². The fourth-order valence-corrected chi connectivity index (χ4v) is 2.99. The maximum absolute atomic E-state index is 13.0. The Bertz CT molecular complexity index is 1030. The van der Waals surface area contributed by atoms with Crippen LogP contribution in [0.1, 0.15) is 11.3 Å². The van der Waals surface area contributed by atoms with Gasteiger partial charge in [-0.1, -0.05) is 29.8 Å². The van der Waals surface area contributed by atoms with Crippen LogP contribution < -0.4 is 11.1 Å². The third kappa shape index (κ3) is 4.75. The number of benzene rings is 1. The van der Waals surface area contributed by atoms with Crippen LogP contribution in [0.3, 0.4) is 0 Å². The zero-order chi connectivity index (χ0) is 20.1. The van der Waals surface area contributed by atoms with E-state index in [1.165, 1.54) is 18.2 Å². The van der Waals surface area contributed by atoms with E-state index in [1.54, 1.807) is 34.9 Å². The number of hydrogen-bond acceptors (Lipinski definition) is 3. The SMILES string of the molecule is NC(=O)C(CNC(=O)/C=C/c1c(Cl)nc2ccccn12)Cc1ccc(F)cc1. The Hall–Kier alpha value is -3.19. The maximum atomic E-state index is 13.0. The number of primary amides is 1. The molecule has 0 bridgehead atoms. The Balaban J connectivity index is 1.62. The average Bonchev–Trinajstić information content (AvgIpc) is 2.99. The molecular weight excluding hydrogens is 383 g/mol. The maximum Gasteiger partial charge on any atom is 0.244 e. The van der Waals surface area contributed by atoms with Gasteiger partial charge in [0.05, 0.1) is 11.6 Å². The second kappa shape index (κ2) is 8.67. The van der Waals surface area contributed by atoms with Gasteiger partial charge in [0.1, 0.15) is 11.5 Å². The molecule has 2 aromatic heterocycles. The number of nitrogens with zero attached hydrogens (tertiary/aromatic N) is 2. The van der Waals surface area contributed by atoms with Crippen LogP contribution in [0.25, 0.3) is 11.7 Å². The minimum Gasteiger partial charge on any atom is -0.369 e. The summed E-state index contributed by atoms with van der Waals surface area (Å²) in [4.78, 5) is 28.0. The van der Waals surface area contributed by atoms with Gasteiger partial charge in [0.15, 0.2) is 5.15 Å². The first-order chi connectivity index (χ1) is 13.4. The quantitative estimate of drug-likeness (QED) is 0.597. The number of imidazole rings is 1. The molecule has 28 heavy (non-hydrogen) atoms. The largest absolute Gasteiger partial charge is 0.369 e. The molecule has 3 N–H and O–H groups in total. The predicted octanol–water partition coefficient (Wildman–Crippen LogP) is 2.60. The van der Waals surface area contributed by atoms with E-state index < -0.39 is 17.7 Å². The first kappa shape index (κ1) is 19.6. The van der Waals surface area contributed by atoms with Gasteiger partial charge in [0.25, 0.3) is 0 Å². The summed E-state index contributed by atoms with van der Waals surface area (Å²) in [5.41, 5.74) is 7.42. The molecule has 0 aliphatic heterocycles. The monoisotopic (exact) mass is 400 g/mol. The number of carbonyl (C=O) groups is 2. The third-order valence-electron chi connectivity index (χ3n) is 4.23. The van der Waals surface area contributed by atoms with Gasteiger partial charge in [-0.25, -0.2) is 9.37 Å². The smallest absolute Gasteiger partial charge is 0.244 e. The average molecular weight is 401 g/mol. The van der Waals surface area contributed by atoms with E-state index in [-0.39, 0.29) is 17.5 Å². The van der Waals surface area contributed by atoms with Crippen LogP contribution in [-0.4, -0.2) is 27.7 Å². The van der Waals surface area contributed by atoms with Crippen molar-refractivity contribution in [3.63, 3.8) is 0 Å². The number of nitrogens with two attached hydrogens (primary N) is 1. The minimum absolute atomic E-state index is 0.0662. The number of rotatable bonds is 7. The first-order valence-electron chi connectivity index (χ1n) is 8.56. The van der Waals surface area contributed by atoms with Gasteiger partial charge >= 0.3 is 0 Å². The van der Waals surface area contributed by atoms with Crippen LogP contribution in [0.15, 0.2) is 54.7 Å². The Morgan fingerprint density at radius 3 is 2.71 bits per heavy atom. The lowest BCUT2D eigenvalue weighted by atomic mass is 9.98. The number of nitrogens with one attached hydrogen (secondary N) is 1. The van der Waals surface area contributed by atoms with Crippen LogP contribution in [-0.2, 0) is 16.0 Å². The molecule has 3 aromatic rings. The fraction of sp³-hybridized carbons (Fsp3) is 0.150. The highest BCUT2D eigenvalue weighted by atomic mass is 35.5. The lowest BCUT2D eigenvalue weighted by molar-refractivity contribution is -0.122. The molecule has 0 aliphatic carbocycles. The summed E-state index contributed by atoms with van der Waals surface area (Å²) >= 11 is 6.12. The Kier molecular flexibility index (Phi) is 6.06. The van der Waals surface area contributed by atoms with E-state index in [2.05, 4.69) is 10.3 Å². The predicted molar refractivity (Wildman–Crippen MR) is 105 cm³/mol. The molecule has 0 spiro atoms. The molecule has 2 heterocycles. The van der Waals surface area contributed by atoms with E-state index in [1.807, 2.05) is 12.1 Å². The van der Waals surface area contributed by atoms with Crippen molar-refractivity contribution in [2.75, 3.05) is 6.54 Å². The van der Waals surface area contributed by atoms with Crippen LogP contribution in [0.2, 0.25) is 5.15 Å². The highest BCUT2D eigenvalue weighted by molar-refractivity contribution is 6.31. The highest BCUT2D eigenvalue weighted by Crippen LogP contribution is 2.18. The molecule has 0 saturated heterocycles. The number of amides is 2. The molecule has 0 fully saturated rings. The van der Waals surface area contributed by atoms with E-state index >= 15 is 0 Å². The zero-order valence-electron chi connectivity index (χ0n) is 14.8. The summed E-state index contributed by atoms with van der Waals surface area (Å²) < 4.78 is 14.7. The molecule has 1 aromatic carbocycles. The molecule has 3 rings (SSSR count). The molecule has 0 radical (unpaired) electrons. The molecular formula is C20H18ClFN4O2. The standard InChI is InChI=1S/C20H18ClFN4O2/c21-19-16(26-10-2-1-3-17(26)25-19)8-9-18(27)24-12-14(20(23)28)11-13-4-6-15(22)7-5-13/h1-10,14H,11-12H2,(H2,23,28)(H,24,27)/b9-8+. The summed E-state index contributed by atoms with van der Waals surface area (Å²) in [5.74, 6) is -1.91. The Morgan fingerprint density at radius 2 is 2.00 bits per heavy atom. The van der Waals surface area contributed by atoms with E-state index in [9.17, 15) is 14.0 Å². The second-order valence-electron chi connectivity index (χ2n) is 6.23. The number of aromatic nitrogens is 2. The molecule has 2 amide bonds. The molecule has 0 aliphatic rings. The van der Waals surface area contributed by atoms with Gasteiger partial charge in [-0.2, -0.15) is 0 Å². The van der Waals surface area contributed by atoms with Crippen molar-refractivity contribution in [2.24, 2.45) is 11.7 Å². The van der Waals surface area contributed by atoms with Crippen molar-refractivity contribution in [3.8, 4) is 0 Å². The van der Waals surface area contributed by atoms with E-state index in [0.717, 1.165) is 5.56 Å². The fourth-order valence-electron chi connectivity index (χ4n) is 2.75. The molecule has 144 valence electrons. The lowest BCUT2D eigenvalue weighted by Crippen LogP contribution is -2.36. The second-order valence-corrected chi connectivity index (χ2v) is 6.58. The third-order valence-corrected chi connectivity index (χ3v) is 4.51. The molecule has 8 heteroatoms. The van der Waals surface area contributed by atoms with Gasteiger partial charge in [-0.05, 0) is 42.3 Å². The van der Waals surface area contributed by atoms with Crippen LogP contribution >= 0.6 is 11.6 Å². The van der Waals surface area contributed by atoms with Crippen molar-refractivity contribution in [1.29, 1.82) is 0 Å². The zero-order valence-corrected chi connectivity index (χ0v) is 15.6. The van der Waals surface area contributed by atoms with Crippen LogP contribution in [0.4, 0.5) is 4.39 Å². The molecule has 0 saturated carbocycles. The van der Waals surface area contributed by atoms with Crippen molar-refractivity contribution < 1.29 is 14.0 Å². The van der Waals surface area contributed by atoms with Gasteiger partial charge in [-0.3, -0.25) is 14.0 Å². The molecule has 1 atom stereocenters. The Morgan fingerprint density at radius 1 is 1.25 bits per heavy atom. The summed E-state index contributed by atoms with van der Waals surface area (Å²) in [7, 11) is 0. The number of carbonyl (C=O) groups excluding carboxylic acids is 2. The van der Waals surface area contributed by atoms with E-state index in [4.69, 9.17) is 17.3 Å². The van der Waals surface area contributed by atoms with Crippen molar-refractivity contribution >= 4 is 35.1 Å². The molecule has 6 nitrogen and oxygen atoms in total. The summed E-state index contributed by atoms with van der Waals surface area (Å²) in [6, 6.07) is 11.3. The summed E-state index contributed by atoms with van der Waals surface area (Å²) in [6.07, 6.45) is 4.96. The van der Waals surface area contributed by atoms with Gasteiger partial charge in [0, 0.05) is 18.8 Å². The topological polar surface area (TPSA) is 89.5 Å². The van der Waals surface area contributed by atoms with Crippen molar-refractivity contribution in [2.45, 2.75) is 6.42 Å². The van der Waals surface area contributed by atoms with Gasteiger partial charge in [-0.15, -0.1) is 0 Å². The van der Waals surface area contributed by atoms with Gasteiger partial charge in [0.2, 0.25) is 11.8 Å². The first-order valence-corrected chi connectivity index (χ1v) is 8.94. The Labute approximate surface area is 165 Å². The molecule has 1 unspecified atom stereocenters. The normalized spacial score (nSPS) is 12.4. The van der Waals surface area contributed by atoms with Crippen molar-refractivity contribution in [3.05, 3.63) is 77.0 Å². The summed E-state index contributed by atoms with van der Waals surface area (Å²) in [6.45, 7) is 0.0662. The number of halogens is 2. The minimum atomic E-state index is -0.609. The highest BCUT2D eigenvalue weighted by Gasteiger charge is 2.17. The number of fused-ring (bicyclic) bond motifs is 1. The van der Waals surface area contributed by atoms with Crippen LogP contribution in [0.5, 0.6) is 0 Å².